The molecule has 0 fully saturated rings. The Kier molecular flexibility index (Phi) is 5.16. The van der Waals surface area contributed by atoms with Crippen LogP contribution in [0.3, 0.4) is 0 Å². The smallest absolute Gasteiger partial charge is 0.220 e. The van der Waals surface area contributed by atoms with Crippen molar-refractivity contribution < 1.29 is 4.79 Å². The summed E-state index contributed by atoms with van der Waals surface area (Å²) in [5.41, 5.74) is 3.14. The van der Waals surface area contributed by atoms with Gasteiger partial charge in [-0.25, -0.2) is 4.98 Å². The highest BCUT2D eigenvalue weighted by Gasteiger charge is 2.11. The molecule has 24 heavy (non-hydrogen) atoms. The summed E-state index contributed by atoms with van der Waals surface area (Å²) in [4.78, 5) is 16.5. The van der Waals surface area contributed by atoms with Crippen molar-refractivity contribution in [2.75, 3.05) is 0 Å². The maximum Gasteiger partial charge on any atom is 0.220 e. The highest BCUT2D eigenvalue weighted by molar-refractivity contribution is 6.30. The molecule has 0 saturated carbocycles. The largest absolute Gasteiger partial charge is 0.349 e. The topological polar surface area (TPSA) is 46.9 Å². The molecule has 3 rings (SSSR count). The first-order chi connectivity index (χ1) is 11.7. The van der Waals surface area contributed by atoms with Crippen LogP contribution in [0.25, 0.3) is 11.0 Å². The second-order valence-electron chi connectivity index (χ2n) is 5.76. The lowest BCUT2D eigenvalue weighted by atomic mass is 10.2. The molecule has 124 valence electrons. The van der Waals surface area contributed by atoms with Crippen LogP contribution < -0.4 is 5.32 Å². The SMILES string of the molecule is CCCC(=O)NCc1nc2ccccc2n1Cc1ccc(Cl)cc1. The molecule has 0 bridgehead atoms. The average Bonchev–Trinajstić information content (AvgIpc) is 2.93. The molecular formula is C19H20ClN3O. The zero-order chi connectivity index (χ0) is 16.9. The third kappa shape index (κ3) is 3.77. The van der Waals surface area contributed by atoms with Crippen LogP contribution in [0.4, 0.5) is 0 Å². The number of halogens is 1. The lowest BCUT2D eigenvalue weighted by Gasteiger charge is -2.10. The zero-order valence-electron chi connectivity index (χ0n) is 13.6. The first-order valence-electron chi connectivity index (χ1n) is 8.12. The Bertz CT molecular complexity index is 839. The zero-order valence-corrected chi connectivity index (χ0v) is 14.4. The molecule has 0 saturated heterocycles. The van der Waals surface area contributed by atoms with E-state index in [0.717, 1.165) is 33.9 Å². The van der Waals surface area contributed by atoms with Gasteiger partial charge in [-0.15, -0.1) is 0 Å². The van der Waals surface area contributed by atoms with Crippen molar-refractivity contribution in [3.05, 3.63) is 64.9 Å². The lowest BCUT2D eigenvalue weighted by Crippen LogP contribution is -2.24. The van der Waals surface area contributed by atoms with E-state index < -0.39 is 0 Å². The van der Waals surface area contributed by atoms with Crippen LogP contribution in [0, 0.1) is 0 Å². The van der Waals surface area contributed by atoms with Crippen molar-refractivity contribution in [1.82, 2.24) is 14.9 Å². The van der Waals surface area contributed by atoms with Gasteiger partial charge in [-0.3, -0.25) is 4.79 Å². The molecule has 1 amide bonds. The Morgan fingerprint density at radius 2 is 1.92 bits per heavy atom. The van der Waals surface area contributed by atoms with Crippen molar-refractivity contribution >= 4 is 28.5 Å². The van der Waals surface area contributed by atoms with E-state index in [1.807, 2.05) is 49.4 Å². The van der Waals surface area contributed by atoms with Crippen molar-refractivity contribution in [3.63, 3.8) is 0 Å². The Labute approximate surface area is 146 Å². The first kappa shape index (κ1) is 16.5. The quantitative estimate of drug-likeness (QED) is 0.732. The molecular weight excluding hydrogens is 322 g/mol. The summed E-state index contributed by atoms with van der Waals surface area (Å²) >= 11 is 5.97. The second-order valence-corrected chi connectivity index (χ2v) is 6.19. The summed E-state index contributed by atoms with van der Waals surface area (Å²) in [6.07, 6.45) is 1.38. The molecule has 0 aliphatic rings. The van der Waals surface area contributed by atoms with Gasteiger partial charge in [0, 0.05) is 18.0 Å². The Balaban J connectivity index is 1.89. The van der Waals surface area contributed by atoms with Gasteiger partial charge in [-0.1, -0.05) is 42.8 Å². The van der Waals surface area contributed by atoms with Gasteiger partial charge in [0.05, 0.1) is 17.6 Å². The van der Waals surface area contributed by atoms with E-state index in [0.29, 0.717) is 19.5 Å². The summed E-state index contributed by atoms with van der Waals surface area (Å²) in [5.74, 6) is 0.915. The predicted octanol–water partition coefficient (Wildman–Crippen LogP) is 4.15. The predicted molar refractivity (Wildman–Crippen MR) is 97.0 cm³/mol. The summed E-state index contributed by atoms with van der Waals surface area (Å²) in [6.45, 7) is 3.12. The minimum absolute atomic E-state index is 0.0580. The standard InChI is InChI=1S/C19H20ClN3O/c1-2-5-19(24)21-12-18-22-16-6-3-4-7-17(16)23(18)13-14-8-10-15(20)11-9-14/h3-4,6-11H,2,5,12-13H2,1H3,(H,21,24). The molecule has 1 heterocycles. The van der Waals surface area contributed by atoms with Crippen molar-refractivity contribution in [3.8, 4) is 0 Å². The van der Waals surface area contributed by atoms with E-state index in [1.54, 1.807) is 0 Å². The second kappa shape index (κ2) is 7.49. The molecule has 3 aromatic rings. The van der Waals surface area contributed by atoms with Crippen LogP contribution in [0.5, 0.6) is 0 Å². The number of aromatic nitrogens is 2. The fourth-order valence-corrected chi connectivity index (χ4v) is 2.83. The van der Waals surface area contributed by atoms with E-state index in [-0.39, 0.29) is 5.91 Å². The van der Waals surface area contributed by atoms with Crippen molar-refractivity contribution in [1.29, 1.82) is 0 Å². The molecule has 4 nitrogen and oxygen atoms in total. The van der Waals surface area contributed by atoms with Gasteiger partial charge in [0.1, 0.15) is 5.82 Å². The van der Waals surface area contributed by atoms with Crippen LogP contribution in [-0.2, 0) is 17.9 Å². The number of imidazole rings is 1. The van der Waals surface area contributed by atoms with Crippen LogP contribution in [-0.4, -0.2) is 15.5 Å². The molecule has 1 aromatic heterocycles. The summed E-state index contributed by atoms with van der Waals surface area (Å²) < 4.78 is 2.14. The summed E-state index contributed by atoms with van der Waals surface area (Å²) in [6, 6.07) is 15.8. The van der Waals surface area contributed by atoms with Gasteiger partial charge in [-0.2, -0.15) is 0 Å². The normalized spacial score (nSPS) is 10.9. The molecule has 1 N–H and O–H groups in total. The number of nitrogens with zero attached hydrogens (tertiary/aromatic N) is 2. The number of rotatable bonds is 6. The number of amides is 1. The minimum atomic E-state index is 0.0580. The van der Waals surface area contributed by atoms with Crippen LogP contribution >= 0.6 is 11.6 Å². The maximum atomic E-state index is 11.8. The third-order valence-corrected chi connectivity index (χ3v) is 4.16. The van der Waals surface area contributed by atoms with Crippen molar-refractivity contribution in [2.45, 2.75) is 32.9 Å². The highest BCUT2D eigenvalue weighted by Crippen LogP contribution is 2.19. The number of hydrogen-bond acceptors (Lipinski definition) is 2. The van der Waals surface area contributed by atoms with E-state index in [4.69, 9.17) is 11.6 Å². The number of nitrogens with one attached hydrogen (secondary N) is 1. The van der Waals surface area contributed by atoms with Crippen LogP contribution in [0.1, 0.15) is 31.2 Å². The molecule has 5 heteroatoms. The number of carbonyl (C=O) groups excluding carboxylic acids is 1. The molecule has 0 spiro atoms. The average molecular weight is 342 g/mol. The lowest BCUT2D eigenvalue weighted by molar-refractivity contribution is -0.121. The summed E-state index contributed by atoms with van der Waals surface area (Å²) in [7, 11) is 0. The Hall–Kier alpha value is -2.33. The van der Waals surface area contributed by atoms with Crippen LogP contribution in [0.2, 0.25) is 5.02 Å². The molecule has 0 atom stereocenters. The van der Waals surface area contributed by atoms with E-state index in [9.17, 15) is 4.79 Å². The van der Waals surface area contributed by atoms with Gasteiger partial charge >= 0.3 is 0 Å². The molecule has 0 unspecified atom stereocenters. The van der Waals surface area contributed by atoms with Gasteiger partial charge in [0.15, 0.2) is 0 Å². The fraction of sp³-hybridized carbons (Fsp3) is 0.263. The number of hydrogen-bond donors (Lipinski definition) is 1. The molecule has 0 aliphatic heterocycles. The number of fused-ring (bicyclic) bond motifs is 1. The third-order valence-electron chi connectivity index (χ3n) is 3.91. The van der Waals surface area contributed by atoms with Crippen molar-refractivity contribution in [2.24, 2.45) is 0 Å². The Morgan fingerprint density at radius 1 is 1.17 bits per heavy atom. The number of benzene rings is 2. The Morgan fingerprint density at radius 3 is 2.67 bits per heavy atom. The minimum Gasteiger partial charge on any atom is -0.349 e. The summed E-state index contributed by atoms with van der Waals surface area (Å²) in [5, 5.41) is 3.68. The molecule has 0 aliphatic carbocycles. The van der Waals surface area contributed by atoms with E-state index >= 15 is 0 Å². The van der Waals surface area contributed by atoms with Gasteiger partial charge in [0.2, 0.25) is 5.91 Å². The van der Waals surface area contributed by atoms with Gasteiger partial charge in [-0.05, 0) is 36.2 Å². The number of carbonyl (C=O) groups is 1. The van der Waals surface area contributed by atoms with Crippen LogP contribution in [0.15, 0.2) is 48.5 Å². The molecule has 0 radical (unpaired) electrons. The first-order valence-corrected chi connectivity index (χ1v) is 8.50. The van der Waals surface area contributed by atoms with Gasteiger partial charge < -0.3 is 9.88 Å². The van der Waals surface area contributed by atoms with E-state index in [1.165, 1.54) is 0 Å². The molecule has 2 aromatic carbocycles. The maximum absolute atomic E-state index is 11.8. The van der Waals surface area contributed by atoms with E-state index in [2.05, 4.69) is 20.9 Å². The highest BCUT2D eigenvalue weighted by atomic mass is 35.5. The monoisotopic (exact) mass is 341 g/mol. The van der Waals surface area contributed by atoms with Gasteiger partial charge in [0.25, 0.3) is 0 Å². The number of para-hydroxylation sites is 2. The fourth-order valence-electron chi connectivity index (χ4n) is 2.70.